The number of aryl methyl sites for hydroxylation is 1. The molecule has 0 saturated heterocycles. The van der Waals surface area contributed by atoms with Crippen molar-refractivity contribution in [2.75, 3.05) is 0 Å². The molecule has 0 aliphatic carbocycles. The van der Waals surface area contributed by atoms with Gasteiger partial charge in [0.15, 0.2) is 0 Å². The maximum absolute atomic E-state index is 12.1. The molecule has 0 aliphatic heterocycles. The third-order valence-electron chi connectivity index (χ3n) is 2.49. The Morgan fingerprint density at radius 2 is 2.11 bits per heavy atom. The Kier molecular flexibility index (Phi) is 4.72. The molecule has 0 saturated carbocycles. The maximum atomic E-state index is 12.1. The van der Waals surface area contributed by atoms with E-state index < -0.39 is 10.0 Å². The van der Waals surface area contributed by atoms with Crippen LogP contribution in [0, 0.1) is 0 Å². The lowest BCUT2D eigenvalue weighted by Gasteiger charge is -2.06. The molecule has 0 bridgehead atoms. The van der Waals surface area contributed by atoms with Gasteiger partial charge in [-0.25, -0.2) is 18.1 Å². The summed E-state index contributed by atoms with van der Waals surface area (Å²) in [5.74, 6) is 0. The van der Waals surface area contributed by atoms with Gasteiger partial charge in [0.2, 0.25) is 10.0 Å². The molecule has 0 amide bonds. The van der Waals surface area contributed by atoms with Gasteiger partial charge in [-0.2, -0.15) is 0 Å². The summed E-state index contributed by atoms with van der Waals surface area (Å²) in [5, 5.41) is 0.771. The molecular weight excluding hydrogens is 348 g/mol. The molecular formula is C12H13BrN2O2S2. The fourth-order valence-electron chi connectivity index (χ4n) is 1.49. The molecule has 1 heterocycles. The molecule has 0 unspecified atom stereocenters. The number of rotatable bonds is 5. The fourth-order valence-corrected chi connectivity index (χ4v) is 4.37. The van der Waals surface area contributed by atoms with Crippen LogP contribution in [0.4, 0.5) is 0 Å². The fraction of sp³-hybridized carbons (Fsp3) is 0.250. The summed E-state index contributed by atoms with van der Waals surface area (Å²) in [6.45, 7) is 2.26. The van der Waals surface area contributed by atoms with Crippen molar-refractivity contribution in [3.05, 3.63) is 44.8 Å². The summed E-state index contributed by atoms with van der Waals surface area (Å²) >= 11 is 4.76. The Morgan fingerprint density at radius 3 is 2.74 bits per heavy atom. The van der Waals surface area contributed by atoms with E-state index in [-0.39, 0.29) is 11.4 Å². The van der Waals surface area contributed by atoms with Crippen LogP contribution < -0.4 is 4.72 Å². The number of nitrogens with one attached hydrogen (secondary N) is 1. The Morgan fingerprint density at radius 1 is 1.37 bits per heavy atom. The molecule has 2 aromatic rings. The quantitative estimate of drug-likeness (QED) is 0.891. The first-order chi connectivity index (χ1) is 9.03. The highest BCUT2D eigenvalue weighted by molar-refractivity contribution is 9.10. The number of halogens is 1. The smallest absolute Gasteiger partial charge is 0.242 e. The van der Waals surface area contributed by atoms with Gasteiger partial charge in [-0.3, -0.25) is 0 Å². The first-order valence-corrected chi connectivity index (χ1v) is 8.80. The average molecular weight is 361 g/mol. The van der Waals surface area contributed by atoms with E-state index >= 15 is 0 Å². The molecule has 19 heavy (non-hydrogen) atoms. The first kappa shape index (κ1) is 14.6. The molecule has 1 aromatic carbocycles. The van der Waals surface area contributed by atoms with Crippen LogP contribution >= 0.6 is 27.3 Å². The molecule has 1 N–H and O–H groups in total. The predicted octanol–water partition coefficient (Wildman–Crippen LogP) is 2.95. The molecule has 2 rings (SSSR count). The number of nitrogens with zero attached hydrogens (tertiary/aromatic N) is 1. The summed E-state index contributed by atoms with van der Waals surface area (Å²) in [5.41, 5.74) is 0. The van der Waals surface area contributed by atoms with Crippen molar-refractivity contribution in [1.82, 2.24) is 9.71 Å². The Bertz CT molecular complexity index is 668. The number of hydrogen-bond acceptors (Lipinski definition) is 4. The first-order valence-electron chi connectivity index (χ1n) is 5.70. The Balaban J connectivity index is 2.12. The van der Waals surface area contributed by atoms with E-state index in [0.29, 0.717) is 4.47 Å². The van der Waals surface area contributed by atoms with E-state index in [1.807, 2.05) is 6.92 Å². The summed E-state index contributed by atoms with van der Waals surface area (Å²) in [7, 11) is -3.52. The molecule has 0 aliphatic rings. The van der Waals surface area contributed by atoms with E-state index in [2.05, 4.69) is 25.6 Å². The summed E-state index contributed by atoms with van der Waals surface area (Å²) < 4.78 is 27.4. The van der Waals surface area contributed by atoms with E-state index in [1.54, 1.807) is 30.5 Å². The number of thiazole rings is 1. The highest BCUT2D eigenvalue weighted by Crippen LogP contribution is 2.21. The topological polar surface area (TPSA) is 59.1 Å². The predicted molar refractivity (Wildman–Crippen MR) is 79.7 cm³/mol. The third kappa shape index (κ3) is 3.62. The molecule has 0 fully saturated rings. The number of benzene rings is 1. The van der Waals surface area contributed by atoms with E-state index in [0.717, 1.165) is 16.3 Å². The zero-order chi connectivity index (χ0) is 13.9. The molecule has 0 spiro atoms. The standard InChI is InChI=1S/C12H13BrN2O2S2/c1-2-9-7-14-12(18-9)8-15-19(16,17)11-6-4-3-5-10(11)13/h3-7,15H,2,8H2,1H3. The summed E-state index contributed by atoms with van der Waals surface area (Å²) in [4.78, 5) is 5.57. The van der Waals surface area contributed by atoms with Gasteiger partial charge in [0, 0.05) is 15.5 Å². The molecule has 102 valence electrons. The average Bonchev–Trinajstić information content (AvgIpc) is 2.85. The van der Waals surface area contributed by atoms with Gasteiger partial charge >= 0.3 is 0 Å². The van der Waals surface area contributed by atoms with Gasteiger partial charge in [-0.15, -0.1) is 11.3 Å². The van der Waals surface area contributed by atoms with Crippen LogP contribution in [0.3, 0.4) is 0 Å². The third-order valence-corrected chi connectivity index (χ3v) is 6.04. The highest BCUT2D eigenvalue weighted by atomic mass is 79.9. The maximum Gasteiger partial charge on any atom is 0.242 e. The molecule has 0 atom stereocenters. The highest BCUT2D eigenvalue weighted by Gasteiger charge is 2.17. The van der Waals surface area contributed by atoms with Crippen molar-refractivity contribution in [2.45, 2.75) is 24.8 Å². The van der Waals surface area contributed by atoms with Gasteiger partial charge in [0.25, 0.3) is 0 Å². The second-order valence-electron chi connectivity index (χ2n) is 3.83. The van der Waals surface area contributed by atoms with Crippen LogP contribution in [0.1, 0.15) is 16.8 Å². The normalized spacial score (nSPS) is 11.7. The van der Waals surface area contributed by atoms with Gasteiger partial charge in [-0.1, -0.05) is 19.1 Å². The minimum absolute atomic E-state index is 0.217. The van der Waals surface area contributed by atoms with Crippen molar-refractivity contribution < 1.29 is 8.42 Å². The van der Waals surface area contributed by atoms with E-state index in [4.69, 9.17) is 0 Å². The lowest BCUT2D eigenvalue weighted by atomic mass is 10.4. The molecule has 4 nitrogen and oxygen atoms in total. The second kappa shape index (κ2) is 6.13. The Labute approximate surface area is 125 Å². The lowest BCUT2D eigenvalue weighted by molar-refractivity contribution is 0.580. The molecule has 0 radical (unpaired) electrons. The molecule has 7 heteroatoms. The SMILES string of the molecule is CCc1cnc(CNS(=O)(=O)c2ccccc2Br)s1. The largest absolute Gasteiger partial charge is 0.248 e. The van der Waals surface area contributed by atoms with Crippen molar-refractivity contribution in [3.8, 4) is 0 Å². The van der Waals surface area contributed by atoms with Crippen molar-refractivity contribution in [3.63, 3.8) is 0 Å². The summed E-state index contributed by atoms with van der Waals surface area (Å²) in [6.07, 6.45) is 2.70. The van der Waals surface area contributed by atoms with Gasteiger partial charge < -0.3 is 0 Å². The van der Waals surface area contributed by atoms with Crippen LogP contribution in [-0.2, 0) is 23.0 Å². The van der Waals surface area contributed by atoms with Crippen molar-refractivity contribution in [1.29, 1.82) is 0 Å². The zero-order valence-corrected chi connectivity index (χ0v) is 13.5. The van der Waals surface area contributed by atoms with Crippen LogP contribution in [0.25, 0.3) is 0 Å². The number of sulfonamides is 1. The van der Waals surface area contributed by atoms with Gasteiger partial charge in [-0.05, 0) is 34.5 Å². The minimum atomic E-state index is -3.52. The second-order valence-corrected chi connectivity index (χ2v) is 7.62. The number of aromatic nitrogens is 1. The minimum Gasteiger partial charge on any atom is -0.248 e. The van der Waals surface area contributed by atoms with Crippen LogP contribution in [0.2, 0.25) is 0 Å². The lowest BCUT2D eigenvalue weighted by Crippen LogP contribution is -2.23. The zero-order valence-electron chi connectivity index (χ0n) is 10.3. The van der Waals surface area contributed by atoms with Crippen LogP contribution in [0.5, 0.6) is 0 Å². The van der Waals surface area contributed by atoms with Crippen molar-refractivity contribution in [2.24, 2.45) is 0 Å². The van der Waals surface area contributed by atoms with Crippen LogP contribution in [0.15, 0.2) is 39.8 Å². The van der Waals surface area contributed by atoms with Crippen LogP contribution in [-0.4, -0.2) is 13.4 Å². The van der Waals surface area contributed by atoms with E-state index in [9.17, 15) is 8.42 Å². The number of hydrogen-bond donors (Lipinski definition) is 1. The van der Waals surface area contributed by atoms with E-state index in [1.165, 1.54) is 11.3 Å². The summed E-state index contributed by atoms with van der Waals surface area (Å²) in [6, 6.07) is 6.73. The van der Waals surface area contributed by atoms with Gasteiger partial charge in [0.1, 0.15) is 5.01 Å². The van der Waals surface area contributed by atoms with Crippen molar-refractivity contribution >= 4 is 37.3 Å². The molecule has 1 aromatic heterocycles. The monoisotopic (exact) mass is 360 g/mol. The Hall–Kier alpha value is -0.760. The van der Waals surface area contributed by atoms with Gasteiger partial charge in [0.05, 0.1) is 11.4 Å².